The van der Waals surface area contributed by atoms with Crippen molar-refractivity contribution < 1.29 is 4.42 Å². The third-order valence-electron chi connectivity index (χ3n) is 2.55. The van der Waals surface area contributed by atoms with Crippen molar-refractivity contribution in [3.8, 4) is 0 Å². The predicted octanol–water partition coefficient (Wildman–Crippen LogP) is 2.64. The van der Waals surface area contributed by atoms with Crippen LogP contribution in [0.15, 0.2) is 20.9 Å². The highest BCUT2D eigenvalue weighted by Gasteiger charge is 2.15. The maximum atomic E-state index is 5.50. The predicted molar refractivity (Wildman–Crippen MR) is 74.0 cm³/mol. The van der Waals surface area contributed by atoms with E-state index in [1.54, 1.807) is 6.26 Å². The maximum Gasteiger partial charge on any atom is 0.262 e. The van der Waals surface area contributed by atoms with Crippen LogP contribution in [0.2, 0.25) is 0 Å². The van der Waals surface area contributed by atoms with E-state index < -0.39 is 0 Å². The van der Waals surface area contributed by atoms with E-state index in [1.165, 1.54) is 11.8 Å². The van der Waals surface area contributed by atoms with Crippen molar-refractivity contribution >= 4 is 17.6 Å². The van der Waals surface area contributed by atoms with Gasteiger partial charge < -0.3 is 9.84 Å². The number of nitrogens with two attached hydrogens (primary N) is 1. The number of aryl methyl sites for hydroxylation is 1. The monoisotopic (exact) mass is 279 g/mol. The van der Waals surface area contributed by atoms with Crippen molar-refractivity contribution in [1.82, 2.24) is 15.0 Å². The molecule has 0 radical (unpaired) electrons. The molecule has 0 atom stereocenters. The van der Waals surface area contributed by atoms with Gasteiger partial charge in [-0.3, -0.25) is 0 Å². The van der Waals surface area contributed by atoms with Crippen LogP contribution in [-0.4, -0.2) is 15.0 Å². The summed E-state index contributed by atoms with van der Waals surface area (Å²) >= 11 is 1.37. The van der Waals surface area contributed by atoms with Gasteiger partial charge in [0.2, 0.25) is 0 Å². The second kappa shape index (κ2) is 5.58. The second-order valence-corrected chi connectivity index (χ2v) is 5.46. The Morgan fingerprint density at radius 2 is 2.00 bits per heavy atom. The first-order valence-corrected chi connectivity index (χ1v) is 6.78. The molecular formula is C12H17N5OS. The zero-order valence-electron chi connectivity index (χ0n) is 11.4. The summed E-state index contributed by atoms with van der Waals surface area (Å²) < 4.78 is 5.34. The van der Waals surface area contributed by atoms with Crippen molar-refractivity contribution in [3.05, 3.63) is 23.3 Å². The molecule has 6 nitrogen and oxygen atoms in total. The molecule has 0 bridgehead atoms. The minimum Gasteiger partial charge on any atom is -0.439 e. The van der Waals surface area contributed by atoms with Crippen molar-refractivity contribution in [3.63, 3.8) is 0 Å². The largest absolute Gasteiger partial charge is 0.439 e. The average Bonchev–Trinajstić information content (AvgIpc) is 2.77. The molecule has 0 amide bonds. The second-order valence-electron chi connectivity index (χ2n) is 4.52. The molecule has 2 aromatic rings. The van der Waals surface area contributed by atoms with Crippen molar-refractivity contribution in [2.45, 2.75) is 43.9 Å². The van der Waals surface area contributed by atoms with Gasteiger partial charge in [0.25, 0.3) is 5.22 Å². The van der Waals surface area contributed by atoms with Crippen LogP contribution in [0.3, 0.4) is 0 Å². The summed E-state index contributed by atoms with van der Waals surface area (Å²) in [6.45, 7) is 7.87. The van der Waals surface area contributed by atoms with Gasteiger partial charge in [-0.2, -0.15) is 0 Å². The van der Waals surface area contributed by atoms with Gasteiger partial charge >= 0.3 is 0 Å². The van der Waals surface area contributed by atoms with Gasteiger partial charge in [0.15, 0.2) is 0 Å². The lowest BCUT2D eigenvalue weighted by Crippen LogP contribution is -2.13. The van der Waals surface area contributed by atoms with E-state index in [4.69, 9.17) is 10.3 Å². The molecule has 0 spiro atoms. The molecule has 0 saturated heterocycles. The summed E-state index contributed by atoms with van der Waals surface area (Å²) in [6, 6.07) is 0. The fourth-order valence-corrected chi connectivity index (χ4v) is 2.31. The van der Waals surface area contributed by atoms with Gasteiger partial charge in [0, 0.05) is 11.5 Å². The molecule has 102 valence electrons. The van der Waals surface area contributed by atoms with E-state index in [1.807, 2.05) is 27.7 Å². The van der Waals surface area contributed by atoms with Gasteiger partial charge in [-0.1, -0.05) is 13.8 Å². The third-order valence-corrected chi connectivity index (χ3v) is 3.51. The van der Waals surface area contributed by atoms with Gasteiger partial charge in [-0.15, -0.1) is 0 Å². The highest BCUT2D eigenvalue weighted by atomic mass is 32.2. The summed E-state index contributed by atoms with van der Waals surface area (Å²) in [5.74, 6) is 7.09. The Hall–Kier alpha value is -1.60. The molecule has 0 saturated carbocycles. The zero-order chi connectivity index (χ0) is 14.0. The zero-order valence-corrected chi connectivity index (χ0v) is 12.2. The number of nitrogen functional groups attached to an aromatic ring is 1. The number of aromatic nitrogens is 3. The number of oxazole rings is 1. The fraction of sp³-hybridized carbons (Fsp3) is 0.417. The number of hydrazine groups is 1. The molecular weight excluding hydrogens is 262 g/mol. The molecule has 7 heteroatoms. The Kier molecular flexibility index (Phi) is 4.06. The lowest BCUT2D eigenvalue weighted by molar-refractivity contribution is 0.453. The van der Waals surface area contributed by atoms with E-state index in [0.717, 1.165) is 22.1 Å². The summed E-state index contributed by atoms with van der Waals surface area (Å²) in [5.41, 5.74) is 4.33. The number of hydrogen-bond acceptors (Lipinski definition) is 7. The molecule has 2 aromatic heterocycles. The highest BCUT2D eigenvalue weighted by molar-refractivity contribution is 7.99. The summed E-state index contributed by atoms with van der Waals surface area (Å²) in [6.07, 6.45) is 1.62. The van der Waals surface area contributed by atoms with Gasteiger partial charge in [-0.25, -0.2) is 20.8 Å². The first kappa shape index (κ1) is 13.8. The van der Waals surface area contributed by atoms with E-state index in [0.29, 0.717) is 11.0 Å². The minimum atomic E-state index is 0.221. The SMILES string of the molecule is Cc1coc(Sc2nc(C(C)C)nc(NN)c2C)n1. The van der Waals surface area contributed by atoms with Crippen LogP contribution in [0.25, 0.3) is 0 Å². The van der Waals surface area contributed by atoms with Gasteiger partial charge in [-0.05, 0) is 25.6 Å². The molecule has 0 aliphatic heterocycles. The smallest absolute Gasteiger partial charge is 0.262 e. The summed E-state index contributed by atoms with van der Waals surface area (Å²) in [5, 5.41) is 1.37. The van der Waals surface area contributed by atoms with E-state index in [2.05, 4.69) is 20.4 Å². The molecule has 0 fully saturated rings. The van der Waals surface area contributed by atoms with Gasteiger partial charge in [0.05, 0.1) is 5.69 Å². The van der Waals surface area contributed by atoms with E-state index in [9.17, 15) is 0 Å². The Labute approximate surface area is 116 Å². The van der Waals surface area contributed by atoms with Crippen LogP contribution in [0.1, 0.15) is 36.8 Å². The molecule has 0 aliphatic carbocycles. The van der Waals surface area contributed by atoms with Gasteiger partial charge in [0.1, 0.15) is 22.9 Å². The molecule has 19 heavy (non-hydrogen) atoms. The lowest BCUT2D eigenvalue weighted by atomic mass is 10.2. The van der Waals surface area contributed by atoms with Crippen LogP contribution in [0.4, 0.5) is 5.82 Å². The topological polar surface area (TPSA) is 89.9 Å². The fourth-order valence-electron chi connectivity index (χ4n) is 1.47. The van der Waals surface area contributed by atoms with Crippen LogP contribution in [0.5, 0.6) is 0 Å². The molecule has 2 heterocycles. The van der Waals surface area contributed by atoms with Crippen LogP contribution >= 0.6 is 11.8 Å². The first-order chi connectivity index (χ1) is 9.01. The molecule has 3 N–H and O–H groups in total. The molecule has 0 aromatic carbocycles. The summed E-state index contributed by atoms with van der Waals surface area (Å²) in [7, 11) is 0. The Balaban J connectivity index is 2.40. The standard InChI is InChI=1S/C12H17N5OS/c1-6(2)9-15-10(17-13)8(4)11(16-9)19-12-14-7(3)5-18-12/h5-6H,13H2,1-4H3,(H,15,16,17). The molecule has 0 aliphatic rings. The maximum absolute atomic E-state index is 5.50. The quantitative estimate of drug-likeness (QED) is 0.505. The first-order valence-electron chi connectivity index (χ1n) is 5.96. The normalized spacial score (nSPS) is 11.1. The number of hydrogen-bond donors (Lipinski definition) is 2. The summed E-state index contributed by atoms with van der Waals surface area (Å²) in [4.78, 5) is 13.2. The van der Waals surface area contributed by atoms with Crippen molar-refractivity contribution in [2.24, 2.45) is 5.84 Å². The van der Waals surface area contributed by atoms with Crippen LogP contribution < -0.4 is 11.3 Å². The minimum absolute atomic E-state index is 0.221. The molecule has 0 unspecified atom stereocenters. The van der Waals surface area contributed by atoms with Crippen molar-refractivity contribution in [1.29, 1.82) is 0 Å². The van der Waals surface area contributed by atoms with E-state index >= 15 is 0 Å². The Bertz CT molecular complexity index is 581. The van der Waals surface area contributed by atoms with Crippen LogP contribution in [-0.2, 0) is 0 Å². The average molecular weight is 279 g/mol. The number of anilines is 1. The van der Waals surface area contributed by atoms with Crippen LogP contribution in [0, 0.1) is 13.8 Å². The number of nitrogens with one attached hydrogen (secondary N) is 1. The third kappa shape index (κ3) is 3.05. The Morgan fingerprint density at radius 3 is 2.53 bits per heavy atom. The van der Waals surface area contributed by atoms with Crippen molar-refractivity contribution in [2.75, 3.05) is 5.43 Å². The lowest BCUT2D eigenvalue weighted by Gasteiger charge is -2.12. The highest BCUT2D eigenvalue weighted by Crippen LogP contribution is 2.31. The van der Waals surface area contributed by atoms with E-state index in [-0.39, 0.29) is 5.92 Å². The number of nitrogens with zero attached hydrogens (tertiary/aromatic N) is 3. The molecule has 2 rings (SSSR count). The number of rotatable bonds is 4. The Morgan fingerprint density at radius 1 is 1.26 bits per heavy atom.